The summed E-state index contributed by atoms with van der Waals surface area (Å²) in [5.74, 6) is 0.612. The Kier molecular flexibility index (Phi) is 3.73. The van der Waals surface area contributed by atoms with Crippen molar-refractivity contribution in [2.45, 2.75) is 57.9 Å². The van der Waals surface area contributed by atoms with E-state index in [4.69, 9.17) is 11.6 Å². The van der Waals surface area contributed by atoms with Gasteiger partial charge in [-0.1, -0.05) is 26.7 Å². The van der Waals surface area contributed by atoms with Crippen LogP contribution in [0.2, 0.25) is 0 Å². The number of fused-ring (bicyclic) bond motifs is 1. The van der Waals surface area contributed by atoms with Gasteiger partial charge < -0.3 is 4.57 Å². The summed E-state index contributed by atoms with van der Waals surface area (Å²) >= 11 is 6.35. The molecule has 1 fully saturated rings. The van der Waals surface area contributed by atoms with E-state index in [-0.39, 0.29) is 16.6 Å². The molecule has 2 nitrogen and oxygen atoms in total. The third-order valence-corrected chi connectivity index (χ3v) is 4.99. The highest BCUT2D eigenvalue weighted by atomic mass is 35.5. The molecule has 2 atom stereocenters. The molecule has 0 spiro atoms. The Morgan fingerprint density at radius 3 is 2.81 bits per heavy atom. The van der Waals surface area contributed by atoms with Gasteiger partial charge in [-0.05, 0) is 37.3 Å². The largest absolute Gasteiger partial charge is 0.323 e. The van der Waals surface area contributed by atoms with Gasteiger partial charge in [0.15, 0.2) is 0 Å². The molecule has 1 heterocycles. The fourth-order valence-corrected chi connectivity index (χ4v) is 3.81. The van der Waals surface area contributed by atoms with E-state index >= 15 is 0 Å². The van der Waals surface area contributed by atoms with Crippen molar-refractivity contribution >= 4 is 22.6 Å². The Morgan fingerprint density at radius 2 is 2.14 bits per heavy atom. The van der Waals surface area contributed by atoms with Crippen molar-refractivity contribution in [3.63, 3.8) is 0 Å². The average molecular weight is 309 g/mol. The lowest BCUT2D eigenvalue weighted by Crippen LogP contribution is -2.31. The fourth-order valence-electron chi connectivity index (χ4n) is 3.65. The van der Waals surface area contributed by atoms with Crippen LogP contribution in [0, 0.1) is 11.2 Å². The van der Waals surface area contributed by atoms with Crippen LogP contribution in [0.1, 0.15) is 63.7 Å². The second-order valence-electron chi connectivity index (χ2n) is 6.84. The molecule has 0 saturated heterocycles. The Balaban J connectivity index is 2.21. The lowest BCUT2D eigenvalue weighted by molar-refractivity contribution is 0.145. The maximum atomic E-state index is 13.5. The maximum Gasteiger partial charge on any atom is 0.127 e. The van der Waals surface area contributed by atoms with E-state index in [9.17, 15) is 4.39 Å². The number of imidazole rings is 1. The van der Waals surface area contributed by atoms with Gasteiger partial charge in [0.2, 0.25) is 0 Å². The van der Waals surface area contributed by atoms with Crippen LogP contribution < -0.4 is 0 Å². The normalized spacial score (nSPS) is 23.4. The van der Waals surface area contributed by atoms with Crippen LogP contribution in [-0.2, 0) is 0 Å². The van der Waals surface area contributed by atoms with Crippen molar-refractivity contribution < 1.29 is 4.39 Å². The Morgan fingerprint density at radius 1 is 1.38 bits per heavy atom. The Hall–Kier alpha value is -1.09. The molecule has 0 radical (unpaired) electrons. The van der Waals surface area contributed by atoms with E-state index in [2.05, 4.69) is 23.4 Å². The first-order chi connectivity index (χ1) is 9.90. The standard InChI is InChI=1S/C17H22ClFN2/c1-11(18)16-20-13-10-12(19)7-8-14(13)21(16)15-6-4-5-9-17(15,2)3/h7-8,10-11,15H,4-6,9H2,1-3H3. The highest BCUT2D eigenvalue weighted by molar-refractivity contribution is 6.20. The molecule has 0 bridgehead atoms. The molecule has 0 aliphatic heterocycles. The van der Waals surface area contributed by atoms with Crippen LogP contribution >= 0.6 is 11.6 Å². The number of rotatable bonds is 2. The van der Waals surface area contributed by atoms with Crippen molar-refractivity contribution in [1.82, 2.24) is 9.55 Å². The molecule has 2 unspecified atom stereocenters. The highest BCUT2D eigenvalue weighted by Gasteiger charge is 2.36. The molecule has 1 aromatic carbocycles. The van der Waals surface area contributed by atoms with Gasteiger partial charge in [-0.25, -0.2) is 9.37 Å². The summed E-state index contributed by atoms with van der Waals surface area (Å²) in [5.41, 5.74) is 1.92. The molecular formula is C17H22ClFN2. The smallest absolute Gasteiger partial charge is 0.127 e. The maximum absolute atomic E-state index is 13.5. The van der Waals surface area contributed by atoms with Crippen LogP contribution in [0.4, 0.5) is 4.39 Å². The van der Waals surface area contributed by atoms with Crippen molar-refractivity contribution in [3.05, 3.63) is 29.8 Å². The minimum absolute atomic E-state index is 0.182. The number of hydrogen-bond donors (Lipinski definition) is 0. The Labute approximate surface area is 130 Å². The number of hydrogen-bond acceptors (Lipinski definition) is 1. The molecule has 0 amide bonds. The summed E-state index contributed by atoms with van der Waals surface area (Å²) in [6.07, 6.45) is 4.84. The van der Waals surface area contributed by atoms with Crippen LogP contribution in [0.25, 0.3) is 11.0 Å². The summed E-state index contributed by atoms with van der Waals surface area (Å²) in [6, 6.07) is 5.23. The van der Waals surface area contributed by atoms with Gasteiger partial charge in [0.05, 0.1) is 16.4 Å². The molecule has 21 heavy (non-hydrogen) atoms. The third kappa shape index (κ3) is 2.57. The number of alkyl halides is 1. The summed E-state index contributed by atoms with van der Waals surface area (Å²) < 4.78 is 15.8. The first-order valence-electron chi connectivity index (χ1n) is 7.71. The van der Waals surface area contributed by atoms with E-state index in [0.29, 0.717) is 11.6 Å². The van der Waals surface area contributed by atoms with Gasteiger partial charge in [-0.15, -0.1) is 11.6 Å². The third-order valence-electron chi connectivity index (χ3n) is 4.80. The predicted octanol–water partition coefficient (Wildman–Crippen LogP) is 5.62. The first kappa shape index (κ1) is 14.8. The molecule has 2 aromatic rings. The van der Waals surface area contributed by atoms with Crippen molar-refractivity contribution in [2.24, 2.45) is 5.41 Å². The predicted molar refractivity (Wildman–Crippen MR) is 85.2 cm³/mol. The zero-order chi connectivity index (χ0) is 15.2. The van der Waals surface area contributed by atoms with Gasteiger partial charge in [0, 0.05) is 12.1 Å². The molecular weight excluding hydrogens is 287 g/mol. The lowest BCUT2D eigenvalue weighted by Gasteiger charge is -2.40. The second-order valence-corrected chi connectivity index (χ2v) is 7.49. The van der Waals surface area contributed by atoms with E-state index in [1.807, 2.05) is 13.0 Å². The lowest BCUT2D eigenvalue weighted by atomic mass is 9.73. The summed E-state index contributed by atoms with van der Waals surface area (Å²) in [5, 5.41) is -0.182. The SMILES string of the molecule is CC(Cl)c1nc2cc(F)ccc2n1C1CCCCC1(C)C. The van der Waals surface area contributed by atoms with Crippen molar-refractivity contribution in [1.29, 1.82) is 0 Å². The van der Waals surface area contributed by atoms with E-state index in [1.165, 1.54) is 31.4 Å². The van der Waals surface area contributed by atoms with Crippen LogP contribution in [0.15, 0.2) is 18.2 Å². The molecule has 1 aliphatic carbocycles. The van der Waals surface area contributed by atoms with E-state index in [1.54, 1.807) is 0 Å². The molecule has 0 N–H and O–H groups in total. The van der Waals surface area contributed by atoms with Crippen LogP contribution in [-0.4, -0.2) is 9.55 Å². The summed E-state index contributed by atoms with van der Waals surface area (Å²) in [4.78, 5) is 4.60. The van der Waals surface area contributed by atoms with Gasteiger partial charge in [0.25, 0.3) is 0 Å². The first-order valence-corrected chi connectivity index (χ1v) is 8.15. The van der Waals surface area contributed by atoms with Crippen molar-refractivity contribution in [2.75, 3.05) is 0 Å². The fraction of sp³-hybridized carbons (Fsp3) is 0.588. The second kappa shape index (κ2) is 5.28. The van der Waals surface area contributed by atoms with Gasteiger partial charge in [-0.3, -0.25) is 0 Å². The van der Waals surface area contributed by atoms with Crippen LogP contribution in [0.3, 0.4) is 0 Å². The minimum Gasteiger partial charge on any atom is -0.323 e. The van der Waals surface area contributed by atoms with E-state index < -0.39 is 0 Å². The molecule has 1 saturated carbocycles. The van der Waals surface area contributed by atoms with Crippen LogP contribution in [0.5, 0.6) is 0 Å². The number of benzene rings is 1. The number of aromatic nitrogens is 2. The minimum atomic E-state index is -0.246. The number of halogens is 2. The molecule has 114 valence electrons. The molecule has 1 aromatic heterocycles. The molecule has 4 heteroatoms. The zero-order valence-electron chi connectivity index (χ0n) is 12.9. The van der Waals surface area contributed by atoms with Gasteiger partial charge in [0.1, 0.15) is 11.6 Å². The highest BCUT2D eigenvalue weighted by Crippen LogP contribution is 2.46. The quantitative estimate of drug-likeness (QED) is 0.659. The topological polar surface area (TPSA) is 17.8 Å². The average Bonchev–Trinajstić information content (AvgIpc) is 2.76. The van der Waals surface area contributed by atoms with Gasteiger partial charge >= 0.3 is 0 Å². The molecule has 1 aliphatic rings. The van der Waals surface area contributed by atoms with Crippen molar-refractivity contribution in [3.8, 4) is 0 Å². The van der Waals surface area contributed by atoms with E-state index in [0.717, 1.165) is 17.8 Å². The zero-order valence-corrected chi connectivity index (χ0v) is 13.6. The monoisotopic (exact) mass is 308 g/mol. The van der Waals surface area contributed by atoms with Gasteiger partial charge in [-0.2, -0.15) is 0 Å². The summed E-state index contributed by atoms with van der Waals surface area (Å²) in [6.45, 7) is 6.56. The Bertz CT molecular complexity index is 660. The molecule has 3 rings (SSSR count). The number of nitrogens with zero attached hydrogens (tertiary/aromatic N) is 2. The summed E-state index contributed by atoms with van der Waals surface area (Å²) in [7, 11) is 0.